The molecule has 0 unspecified atom stereocenters. The molecule has 5 heteroatoms. The zero-order valence-corrected chi connectivity index (χ0v) is 14.8. The molecule has 1 fully saturated rings. The van der Waals surface area contributed by atoms with E-state index in [4.69, 9.17) is 0 Å². The van der Waals surface area contributed by atoms with Gasteiger partial charge < -0.3 is 9.88 Å². The molecule has 2 N–H and O–H groups in total. The Kier molecular flexibility index (Phi) is 4.74. The Labute approximate surface area is 147 Å². The predicted octanol–water partition coefficient (Wildman–Crippen LogP) is 3.62. The molecular weight excluding hydrogens is 314 g/mol. The molecule has 25 heavy (non-hydrogen) atoms. The lowest BCUT2D eigenvalue weighted by atomic mass is 10.1. The Morgan fingerprint density at radius 2 is 1.80 bits per heavy atom. The van der Waals surface area contributed by atoms with Gasteiger partial charge in [-0.25, -0.2) is 4.79 Å². The zero-order chi connectivity index (χ0) is 18.0. The van der Waals surface area contributed by atoms with Gasteiger partial charge in [-0.05, 0) is 62.1 Å². The van der Waals surface area contributed by atoms with Gasteiger partial charge in [0.25, 0.3) is 5.91 Å². The molecule has 2 aromatic rings. The first-order valence-corrected chi connectivity index (χ1v) is 8.62. The number of amides is 3. The Bertz CT molecular complexity index is 845. The van der Waals surface area contributed by atoms with Crippen molar-refractivity contribution in [1.29, 1.82) is 0 Å². The number of rotatable bonds is 5. The number of nitrogens with one attached hydrogen (secondary N) is 2. The topological polar surface area (TPSA) is 63.1 Å². The van der Waals surface area contributed by atoms with Gasteiger partial charge in [0, 0.05) is 17.1 Å². The lowest BCUT2D eigenvalue weighted by Crippen LogP contribution is -2.22. The third-order valence-corrected chi connectivity index (χ3v) is 4.50. The lowest BCUT2D eigenvalue weighted by Gasteiger charge is -2.11. The quantitative estimate of drug-likeness (QED) is 0.646. The number of unbranched alkanes of at least 4 members (excludes halogenated alkanes) is 1. The van der Waals surface area contributed by atoms with Crippen LogP contribution in [0.4, 0.5) is 4.79 Å². The number of imide groups is 1. The first kappa shape index (κ1) is 17.0. The highest BCUT2D eigenvalue weighted by molar-refractivity contribution is 6.14. The zero-order valence-electron chi connectivity index (χ0n) is 14.8. The highest BCUT2D eigenvalue weighted by Crippen LogP contribution is 2.23. The fraction of sp³-hybridized carbons (Fsp3) is 0.300. The summed E-state index contributed by atoms with van der Waals surface area (Å²) in [4.78, 5) is 23.0. The van der Waals surface area contributed by atoms with E-state index in [9.17, 15) is 9.59 Å². The maximum Gasteiger partial charge on any atom is 0.326 e. The van der Waals surface area contributed by atoms with Crippen LogP contribution in [0.25, 0.3) is 11.8 Å². The van der Waals surface area contributed by atoms with Crippen LogP contribution in [-0.4, -0.2) is 16.5 Å². The van der Waals surface area contributed by atoms with Gasteiger partial charge in [0.2, 0.25) is 0 Å². The van der Waals surface area contributed by atoms with Crippen LogP contribution < -0.4 is 10.6 Å². The first-order valence-electron chi connectivity index (χ1n) is 8.62. The summed E-state index contributed by atoms with van der Waals surface area (Å²) in [7, 11) is 0. The average molecular weight is 337 g/mol. The van der Waals surface area contributed by atoms with Crippen LogP contribution in [0.1, 0.15) is 42.3 Å². The normalized spacial score (nSPS) is 15.6. The van der Waals surface area contributed by atoms with Crippen LogP contribution in [0.5, 0.6) is 0 Å². The molecule has 0 atom stereocenters. The Morgan fingerprint density at radius 1 is 1.08 bits per heavy atom. The van der Waals surface area contributed by atoms with E-state index in [0.29, 0.717) is 0 Å². The molecule has 3 amide bonds. The third-order valence-electron chi connectivity index (χ3n) is 4.50. The molecule has 0 spiro atoms. The van der Waals surface area contributed by atoms with Gasteiger partial charge in [-0.2, -0.15) is 0 Å². The number of nitrogens with zero attached hydrogens (tertiary/aromatic N) is 1. The van der Waals surface area contributed by atoms with Gasteiger partial charge in [0.05, 0.1) is 0 Å². The molecular formula is C20H23N3O2. The molecule has 3 rings (SSSR count). The maximum absolute atomic E-state index is 11.7. The van der Waals surface area contributed by atoms with Gasteiger partial charge in [0.1, 0.15) is 5.70 Å². The number of benzene rings is 1. The number of urea groups is 1. The van der Waals surface area contributed by atoms with Crippen LogP contribution >= 0.6 is 0 Å². The summed E-state index contributed by atoms with van der Waals surface area (Å²) in [5.41, 5.74) is 5.75. The van der Waals surface area contributed by atoms with Crippen LogP contribution in [-0.2, 0) is 11.2 Å². The average Bonchev–Trinajstić information content (AvgIpc) is 3.04. The molecule has 0 bridgehead atoms. The highest BCUT2D eigenvalue weighted by atomic mass is 16.2. The van der Waals surface area contributed by atoms with Crippen LogP contribution in [0.2, 0.25) is 0 Å². The second kappa shape index (κ2) is 6.97. The first-order chi connectivity index (χ1) is 12.0. The summed E-state index contributed by atoms with van der Waals surface area (Å²) in [5.74, 6) is -0.393. The Hall–Kier alpha value is -2.82. The van der Waals surface area contributed by atoms with E-state index in [1.54, 1.807) is 6.08 Å². The fourth-order valence-corrected chi connectivity index (χ4v) is 3.16. The van der Waals surface area contributed by atoms with E-state index in [-0.39, 0.29) is 5.70 Å². The van der Waals surface area contributed by atoms with Crippen molar-refractivity contribution in [2.75, 3.05) is 0 Å². The van der Waals surface area contributed by atoms with E-state index in [1.165, 1.54) is 18.4 Å². The molecule has 0 saturated carbocycles. The molecule has 0 aliphatic carbocycles. The second-order valence-corrected chi connectivity index (χ2v) is 6.40. The Morgan fingerprint density at radius 3 is 2.40 bits per heavy atom. The number of carbonyl (C=O) groups is 2. The van der Waals surface area contributed by atoms with Crippen molar-refractivity contribution in [3.05, 3.63) is 58.5 Å². The number of hydrogen-bond acceptors (Lipinski definition) is 2. The van der Waals surface area contributed by atoms with Crippen molar-refractivity contribution in [3.63, 3.8) is 0 Å². The monoisotopic (exact) mass is 337 g/mol. The molecule has 1 aliphatic rings. The summed E-state index contributed by atoms with van der Waals surface area (Å²) >= 11 is 0. The van der Waals surface area contributed by atoms with Gasteiger partial charge >= 0.3 is 6.03 Å². The fourth-order valence-electron chi connectivity index (χ4n) is 3.16. The van der Waals surface area contributed by atoms with E-state index in [1.807, 2.05) is 19.9 Å². The molecule has 0 radical (unpaired) electrons. The van der Waals surface area contributed by atoms with Crippen molar-refractivity contribution < 1.29 is 9.59 Å². The van der Waals surface area contributed by atoms with Crippen LogP contribution in [0.15, 0.2) is 36.0 Å². The van der Waals surface area contributed by atoms with Gasteiger partial charge in [-0.3, -0.25) is 10.1 Å². The predicted molar refractivity (Wildman–Crippen MR) is 98.5 cm³/mol. The standard InChI is InChI=1S/C20H23N3O2/c1-4-5-6-15-7-9-17(10-8-15)23-13(2)11-16(14(23)3)12-18-19(24)22-20(25)21-18/h7-12H,4-6H2,1-3H3,(H2,21,22,24,25)/b18-12-. The van der Waals surface area contributed by atoms with Gasteiger partial charge in [-0.15, -0.1) is 0 Å². The van der Waals surface area contributed by atoms with E-state index < -0.39 is 11.9 Å². The van der Waals surface area contributed by atoms with E-state index in [2.05, 4.69) is 46.4 Å². The third kappa shape index (κ3) is 3.50. The largest absolute Gasteiger partial charge is 0.326 e. The van der Waals surface area contributed by atoms with Crippen LogP contribution in [0, 0.1) is 13.8 Å². The molecule has 2 heterocycles. The van der Waals surface area contributed by atoms with E-state index >= 15 is 0 Å². The van der Waals surface area contributed by atoms with E-state index in [0.717, 1.165) is 29.1 Å². The SMILES string of the molecule is CCCCc1ccc(-n2c(C)cc(/C=C3\NC(=O)NC3=O)c2C)cc1. The van der Waals surface area contributed by atoms with Crippen molar-refractivity contribution in [2.24, 2.45) is 0 Å². The smallest absolute Gasteiger partial charge is 0.318 e. The van der Waals surface area contributed by atoms with Gasteiger partial charge in [0.15, 0.2) is 0 Å². The van der Waals surface area contributed by atoms with Crippen molar-refractivity contribution in [3.8, 4) is 5.69 Å². The number of aryl methyl sites for hydroxylation is 2. The summed E-state index contributed by atoms with van der Waals surface area (Å²) in [6.07, 6.45) is 5.22. The number of carbonyl (C=O) groups excluding carboxylic acids is 2. The van der Waals surface area contributed by atoms with Crippen LogP contribution in [0.3, 0.4) is 0 Å². The highest BCUT2D eigenvalue weighted by Gasteiger charge is 2.23. The summed E-state index contributed by atoms with van der Waals surface area (Å²) in [6, 6.07) is 10.1. The van der Waals surface area contributed by atoms with Crippen molar-refractivity contribution in [1.82, 2.24) is 15.2 Å². The van der Waals surface area contributed by atoms with Crippen molar-refractivity contribution in [2.45, 2.75) is 40.0 Å². The lowest BCUT2D eigenvalue weighted by molar-refractivity contribution is -0.115. The summed E-state index contributed by atoms with van der Waals surface area (Å²) < 4.78 is 2.16. The minimum atomic E-state index is -0.479. The molecule has 1 aromatic carbocycles. The molecule has 1 aromatic heterocycles. The summed E-state index contributed by atoms with van der Waals surface area (Å²) in [5, 5.41) is 4.75. The second-order valence-electron chi connectivity index (χ2n) is 6.40. The molecule has 1 aliphatic heterocycles. The minimum absolute atomic E-state index is 0.278. The van der Waals surface area contributed by atoms with Gasteiger partial charge in [-0.1, -0.05) is 25.5 Å². The molecule has 1 saturated heterocycles. The summed E-state index contributed by atoms with van der Waals surface area (Å²) in [6.45, 7) is 6.25. The van der Waals surface area contributed by atoms with Crippen molar-refractivity contribution >= 4 is 18.0 Å². The Balaban J connectivity index is 1.91. The molecule has 130 valence electrons. The minimum Gasteiger partial charge on any atom is -0.318 e. The number of aromatic nitrogens is 1. The maximum atomic E-state index is 11.7. The molecule has 5 nitrogen and oxygen atoms in total. The number of hydrogen-bond donors (Lipinski definition) is 2.